The lowest BCUT2D eigenvalue weighted by Gasteiger charge is -2.12. The molecule has 1 aromatic rings. The van der Waals surface area contributed by atoms with Gasteiger partial charge in [-0.3, -0.25) is 4.85 Å². The summed E-state index contributed by atoms with van der Waals surface area (Å²) >= 11 is 0. The van der Waals surface area contributed by atoms with E-state index in [1.54, 1.807) is 13.0 Å². The highest BCUT2D eigenvalue weighted by Gasteiger charge is 2.48. The van der Waals surface area contributed by atoms with Gasteiger partial charge in [-0.2, -0.15) is 5.26 Å². The zero-order valence-corrected chi connectivity index (χ0v) is 10.4. The van der Waals surface area contributed by atoms with E-state index in [9.17, 15) is 4.79 Å². The third kappa shape index (κ3) is 2.87. The number of rotatable bonds is 4. The molecule has 0 aliphatic carbocycles. The van der Waals surface area contributed by atoms with E-state index in [0.717, 1.165) is 11.1 Å². The van der Waals surface area contributed by atoms with Crippen molar-refractivity contribution in [2.24, 2.45) is 0 Å². The van der Waals surface area contributed by atoms with Crippen molar-refractivity contribution in [3.8, 4) is 6.07 Å². The van der Waals surface area contributed by atoms with Crippen molar-refractivity contribution in [2.45, 2.75) is 25.8 Å². The Labute approximate surface area is 107 Å². The summed E-state index contributed by atoms with van der Waals surface area (Å²) in [6.45, 7) is 10.9. The maximum absolute atomic E-state index is 11.7. The van der Waals surface area contributed by atoms with Crippen LogP contribution in [0.25, 0.3) is 4.85 Å². The lowest BCUT2D eigenvalue weighted by molar-refractivity contribution is -0.145. The van der Waals surface area contributed by atoms with Crippen LogP contribution in [0.4, 0.5) is 0 Å². The van der Waals surface area contributed by atoms with Crippen molar-refractivity contribution in [1.82, 2.24) is 0 Å². The second-order valence-corrected chi connectivity index (χ2v) is 3.97. The molecule has 0 aliphatic rings. The Kier molecular flexibility index (Phi) is 4.45. The number of nitriles is 1. The summed E-state index contributed by atoms with van der Waals surface area (Å²) < 4.78 is 4.81. The molecule has 0 bridgehead atoms. The van der Waals surface area contributed by atoms with Gasteiger partial charge in [0.05, 0.1) is 13.0 Å². The van der Waals surface area contributed by atoms with Crippen LogP contribution in [0.5, 0.6) is 0 Å². The Morgan fingerprint density at radius 1 is 1.50 bits per heavy atom. The summed E-state index contributed by atoms with van der Waals surface area (Å²) in [7, 11) is 0. The predicted octanol–water partition coefficient (Wildman–Crippen LogP) is 2.28. The largest absolute Gasteiger partial charge is 0.459 e. The van der Waals surface area contributed by atoms with Gasteiger partial charge in [0.25, 0.3) is 0 Å². The number of esters is 1. The summed E-state index contributed by atoms with van der Waals surface area (Å²) in [5.74, 6) is -0.775. The fourth-order valence-electron chi connectivity index (χ4n) is 1.52. The highest BCUT2D eigenvalue weighted by atomic mass is 16.5. The minimum atomic E-state index is -1.77. The Morgan fingerprint density at radius 2 is 2.11 bits per heavy atom. The van der Waals surface area contributed by atoms with Gasteiger partial charge in [0.15, 0.2) is 6.07 Å². The molecule has 0 saturated carbocycles. The molecule has 0 spiro atoms. The van der Waals surface area contributed by atoms with Gasteiger partial charge in [-0.1, -0.05) is 29.8 Å². The molecular formula is C14H14N2O2. The van der Waals surface area contributed by atoms with Crippen LogP contribution in [0.3, 0.4) is 0 Å². The average molecular weight is 242 g/mol. The van der Waals surface area contributed by atoms with Crippen molar-refractivity contribution in [3.63, 3.8) is 0 Å². The Morgan fingerprint density at radius 3 is 2.56 bits per heavy atom. The third-order valence-electron chi connectivity index (χ3n) is 2.57. The molecule has 18 heavy (non-hydrogen) atoms. The van der Waals surface area contributed by atoms with E-state index in [2.05, 4.69) is 4.85 Å². The van der Waals surface area contributed by atoms with Crippen molar-refractivity contribution in [2.75, 3.05) is 6.61 Å². The molecule has 0 aromatic heterocycles. The number of nitrogens with zero attached hydrogens (tertiary/aromatic N) is 2. The van der Waals surface area contributed by atoms with Crippen LogP contribution < -0.4 is 0 Å². The molecule has 0 N–H and O–H groups in total. The minimum absolute atomic E-state index is 0.0477. The second-order valence-electron chi connectivity index (χ2n) is 3.97. The molecule has 1 rings (SSSR count). The van der Waals surface area contributed by atoms with Crippen LogP contribution >= 0.6 is 0 Å². The molecule has 1 unspecified atom stereocenters. The van der Waals surface area contributed by atoms with Crippen molar-refractivity contribution in [1.29, 1.82) is 5.26 Å². The van der Waals surface area contributed by atoms with Gasteiger partial charge in [0.1, 0.15) is 0 Å². The summed E-state index contributed by atoms with van der Waals surface area (Å²) in [6.07, 6.45) is 0.0477. The lowest BCUT2D eigenvalue weighted by Crippen LogP contribution is -2.37. The molecule has 0 saturated heterocycles. The zero-order valence-electron chi connectivity index (χ0n) is 10.4. The van der Waals surface area contributed by atoms with Crippen LogP contribution in [0, 0.1) is 24.8 Å². The SMILES string of the molecule is [C-]#[N+]C(C#N)(Cc1ccc(C)cc1)C(=O)OCC. The molecule has 4 heteroatoms. The van der Waals surface area contributed by atoms with Gasteiger partial charge >= 0.3 is 11.5 Å². The summed E-state index contributed by atoms with van der Waals surface area (Å²) in [4.78, 5) is 14.9. The molecular weight excluding hydrogens is 228 g/mol. The maximum Gasteiger partial charge on any atom is 0.413 e. The molecule has 4 nitrogen and oxygen atoms in total. The molecule has 0 fully saturated rings. The molecule has 0 radical (unpaired) electrons. The number of benzene rings is 1. The minimum Gasteiger partial charge on any atom is -0.459 e. The van der Waals surface area contributed by atoms with Crippen molar-refractivity contribution >= 4 is 5.97 Å². The molecule has 1 atom stereocenters. The summed E-state index contributed by atoms with van der Waals surface area (Å²) in [6, 6.07) is 9.17. The standard InChI is InChI=1S/C14H14N2O2/c1-4-18-13(17)14(10-15,16-3)9-12-7-5-11(2)6-8-12/h5-8H,4,9H2,1-2H3. The molecule has 0 aliphatic heterocycles. The van der Waals surface area contributed by atoms with Crippen LogP contribution in [0.15, 0.2) is 24.3 Å². The van der Waals surface area contributed by atoms with E-state index in [0.29, 0.717) is 0 Å². The summed E-state index contributed by atoms with van der Waals surface area (Å²) in [5.41, 5.74) is 0.0807. The second kappa shape index (κ2) is 5.84. The first-order valence-corrected chi connectivity index (χ1v) is 5.60. The molecule has 0 amide bonds. The van der Waals surface area contributed by atoms with Gasteiger partial charge in [0.2, 0.25) is 0 Å². The van der Waals surface area contributed by atoms with Crippen LogP contribution in [-0.2, 0) is 16.0 Å². The fraction of sp³-hybridized carbons (Fsp3) is 0.357. The van der Waals surface area contributed by atoms with E-state index >= 15 is 0 Å². The molecule has 92 valence electrons. The van der Waals surface area contributed by atoms with Crippen LogP contribution in [-0.4, -0.2) is 18.1 Å². The Bertz CT molecular complexity index is 492. The van der Waals surface area contributed by atoms with Crippen LogP contribution in [0.2, 0.25) is 0 Å². The first-order valence-electron chi connectivity index (χ1n) is 5.60. The van der Waals surface area contributed by atoms with Gasteiger partial charge < -0.3 is 4.74 Å². The number of ether oxygens (including phenoxy) is 1. The summed E-state index contributed by atoms with van der Waals surface area (Å²) in [5, 5.41) is 9.12. The van der Waals surface area contributed by atoms with Crippen molar-refractivity contribution in [3.05, 3.63) is 46.8 Å². The quantitative estimate of drug-likeness (QED) is 0.601. The zero-order chi connectivity index (χ0) is 13.6. The van der Waals surface area contributed by atoms with E-state index in [1.807, 2.05) is 31.2 Å². The van der Waals surface area contributed by atoms with Crippen molar-refractivity contribution < 1.29 is 9.53 Å². The Balaban J connectivity index is 3.01. The third-order valence-corrected chi connectivity index (χ3v) is 2.57. The predicted molar refractivity (Wildman–Crippen MR) is 66.5 cm³/mol. The number of aryl methyl sites for hydroxylation is 1. The molecule has 1 aromatic carbocycles. The van der Waals surface area contributed by atoms with E-state index < -0.39 is 11.5 Å². The lowest BCUT2D eigenvalue weighted by atomic mass is 9.93. The van der Waals surface area contributed by atoms with E-state index in [1.165, 1.54) is 0 Å². The smallest absolute Gasteiger partial charge is 0.413 e. The number of carbonyl (C=O) groups excluding carboxylic acids is 1. The van der Waals surface area contributed by atoms with E-state index in [-0.39, 0.29) is 13.0 Å². The fourth-order valence-corrected chi connectivity index (χ4v) is 1.52. The number of hydrogen-bond donors (Lipinski definition) is 0. The normalized spacial score (nSPS) is 12.9. The Hall–Kier alpha value is -2.33. The highest BCUT2D eigenvalue weighted by molar-refractivity contribution is 5.87. The topological polar surface area (TPSA) is 54.5 Å². The van der Waals surface area contributed by atoms with Gasteiger partial charge in [-0.05, 0) is 19.4 Å². The molecule has 0 heterocycles. The van der Waals surface area contributed by atoms with Gasteiger partial charge in [0, 0.05) is 0 Å². The van der Waals surface area contributed by atoms with Crippen LogP contribution in [0.1, 0.15) is 18.1 Å². The van der Waals surface area contributed by atoms with E-state index in [4.69, 9.17) is 16.6 Å². The number of hydrogen-bond acceptors (Lipinski definition) is 3. The average Bonchev–Trinajstić information content (AvgIpc) is 2.38. The maximum atomic E-state index is 11.7. The monoisotopic (exact) mass is 242 g/mol. The first kappa shape index (κ1) is 13.7. The number of carbonyl (C=O) groups is 1. The van der Waals surface area contributed by atoms with Gasteiger partial charge in [-0.25, -0.2) is 11.4 Å². The highest BCUT2D eigenvalue weighted by Crippen LogP contribution is 2.20. The first-order chi connectivity index (χ1) is 8.57. The van der Waals surface area contributed by atoms with Gasteiger partial charge in [-0.15, -0.1) is 0 Å².